The van der Waals surface area contributed by atoms with Crippen LogP contribution in [0.5, 0.6) is 0 Å². The van der Waals surface area contributed by atoms with Crippen molar-refractivity contribution in [3.8, 4) is 0 Å². The Morgan fingerprint density at radius 3 is 2.52 bits per heavy atom. The molecule has 0 saturated heterocycles. The van der Waals surface area contributed by atoms with E-state index in [1.54, 1.807) is 10.9 Å². The van der Waals surface area contributed by atoms with Gasteiger partial charge < -0.3 is 10.2 Å². The Labute approximate surface area is 146 Å². The summed E-state index contributed by atoms with van der Waals surface area (Å²) in [7, 11) is 1.82. The number of nitrogens with one attached hydrogen (secondary N) is 1. The maximum Gasteiger partial charge on any atom is 0.244 e. The first-order valence-corrected chi connectivity index (χ1v) is 8.17. The Morgan fingerprint density at radius 1 is 1.28 bits per heavy atom. The third-order valence-corrected chi connectivity index (χ3v) is 3.77. The lowest BCUT2D eigenvalue weighted by atomic mass is 10.1. The molecule has 6 nitrogen and oxygen atoms in total. The average Bonchev–Trinajstić information content (AvgIpc) is 2.98. The van der Waals surface area contributed by atoms with Crippen LogP contribution in [0.2, 0.25) is 0 Å². The van der Waals surface area contributed by atoms with Crippen LogP contribution in [0.4, 0.5) is 10.1 Å². The number of carbonyl (C=O) groups is 2. The molecule has 1 N–H and O–H groups in total. The molecule has 7 heteroatoms. The highest BCUT2D eigenvalue weighted by Gasteiger charge is 2.20. The van der Waals surface area contributed by atoms with Crippen molar-refractivity contribution in [2.45, 2.75) is 32.7 Å². The second-order valence-corrected chi connectivity index (χ2v) is 6.19. The van der Waals surface area contributed by atoms with Crippen molar-refractivity contribution in [3.05, 3.63) is 48.0 Å². The number of aryl methyl sites for hydroxylation is 2. The first-order valence-electron chi connectivity index (χ1n) is 8.17. The van der Waals surface area contributed by atoms with Gasteiger partial charge in [-0.25, -0.2) is 4.39 Å². The first-order chi connectivity index (χ1) is 11.8. The number of nitrogens with zero attached hydrogens (tertiary/aromatic N) is 3. The third-order valence-electron chi connectivity index (χ3n) is 3.77. The number of rotatable bonds is 7. The monoisotopic (exact) mass is 346 g/mol. The Balaban J connectivity index is 1.91. The highest BCUT2D eigenvalue weighted by Crippen LogP contribution is 2.10. The maximum atomic E-state index is 12.9. The van der Waals surface area contributed by atoms with Gasteiger partial charge in [-0.1, -0.05) is 0 Å². The van der Waals surface area contributed by atoms with E-state index in [9.17, 15) is 14.0 Å². The van der Waals surface area contributed by atoms with Crippen molar-refractivity contribution in [2.24, 2.45) is 7.05 Å². The highest BCUT2D eigenvalue weighted by atomic mass is 19.1. The lowest BCUT2D eigenvalue weighted by Gasteiger charge is -2.26. The molecule has 0 bridgehead atoms. The summed E-state index contributed by atoms with van der Waals surface area (Å²) in [6, 6.07) is 5.42. The maximum absolute atomic E-state index is 12.9. The van der Waals surface area contributed by atoms with E-state index in [0.29, 0.717) is 18.5 Å². The Kier molecular flexibility index (Phi) is 6.27. The number of halogens is 1. The van der Waals surface area contributed by atoms with E-state index >= 15 is 0 Å². The minimum Gasteiger partial charge on any atom is -0.331 e. The van der Waals surface area contributed by atoms with Gasteiger partial charge in [0.05, 0.1) is 6.20 Å². The van der Waals surface area contributed by atoms with E-state index in [-0.39, 0.29) is 30.2 Å². The van der Waals surface area contributed by atoms with Crippen LogP contribution >= 0.6 is 0 Å². The topological polar surface area (TPSA) is 67.2 Å². The van der Waals surface area contributed by atoms with Gasteiger partial charge in [0.25, 0.3) is 0 Å². The Bertz CT molecular complexity index is 725. The highest BCUT2D eigenvalue weighted by molar-refractivity contribution is 5.94. The molecule has 0 atom stereocenters. The lowest BCUT2D eigenvalue weighted by Crippen LogP contribution is -2.42. The standard InChI is InChI=1S/C18H23FN4O2/c1-13(2)23(18(25)9-4-14-10-20-22(3)11-14)12-17(24)21-16-7-5-15(19)6-8-16/h5-8,10-11,13H,4,9,12H2,1-3H3,(H,21,24). The molecular formula is C18H23FN4O2. The van der Waals surface area contributed by atoms with Gasteiger partial charge in [-0.3, -0.25) is 14.3 Å². The molecule has 2 aromatic rings. The van der Waals surface area contributed by atoms with Crippen LogP contribution in [-0.2, 0) is 23.1 Å². The van der Waals surface area contributed by atoms with Crippen LogP contribution < -0.4 is 5.32 Å². The van der Waals surface area contributed by atoms with Gasteiger partial charge in [0.2, 0.25) is 11.8 Å². The molecule has 134 valence electrons. The molecule has 0 unspecified atom stereocenters. The van der Waals surface area contributed by atoms with Gasteiger partial charge in [0, 0.05) is 31.4 Å². The van der Waals surface area contributed by atoms with E-state index in [2.05, 4.69) is 10.4 Å². The first kappa shape index (κ1) is 18.6. The van der Waals surface area contributed by atoms with E-state index in [1.165, 1.54) is 29.2 Å². The predicted octanol–water partition coefficient (Wildman–Crippen LogP) is 2.37. The minimum absolute atomic E-state index is 0.0408. The van der Waals surface area contributed by atoms with Crippen LogP contribution in [0, 0.1) is 5.82 Å². The summed E-state index contributed by atoms with van der Waals surface area (Å²) in [5.74, 6) is -0.768. The van der Waals surface area contributed by atoms with Crippen molar-refractivity contribution < 1.29 is 14.0 Å². The van der Waals surface area contributed by atoms with Gasteiger partial charge in [0.15, 0.2) is 0 Å². The number of anilines is 1. The number of amides is 2. The fraction of sp³-hybridized carbons (Fsp3) is 0.389. The van der Waals surface area contributed by atoms with Crippen LogP contribution in [0.3, 0.4) is 0 Å². The number of hydrogen-bond acceptors (Lipinski definition) is 3. The fourth-order valence-electron chi connectivity index (χ4n) is 2.44. The predicted molar refractivity (Wildman–Crippen MR) is 93.4 cm³/mol. The summed E-state index contributed by atoms with van der Waals surface area (Å²) in [5.41, 5.74) is 1.48. The minimum atomic E-state index is -0.368. The molecule has 0 aliphatic carbocycles. The molecule has 1 heterocycles. The van der Waals surface area contributed by atoms with Crippen LogP contribution in [0.1, 0.15) is 25.8 Å². The quantitative estimate of drug-likeness (QED) is 0.837. The normalized spacial score (nSPS) is 10.8. The number of hydrogen-bond donors (Lipinski definition) is 1. The average molecular weight is 346 g/mol. The summed E-state index contributed by atoms with van der Waals surface area (Å²) in [5, 5.41) is 6.75. The molecule has 1 aromatic carbocycles. The van der Waals surface area contributed by atoms with Crippen LogP contribution in [-0.4, -0.2) is 39.1 Å². The molecule has 25 heavy (non-hydrogen) atoms. The SMILES string of the molecule is CC(C)N(CC(=O)Nc1ccc(F)cc1)C(=O)CCc1cnn(C)c1. The molecule has 1 aromatic heterocycles. The van der Waals surface area contributed by atoms with Gasteiger partial charge >= 0.3 is 0 Å². The van der Waals surface area contributed by atoms with Gasteiger partial charge in [-0.15, -0.1) is 0 Å². The van der Waals surface area contributed by atoms with Gasteiger partial charge in [0.1, 0.15) is 12.4 Å². The molecule has 0 saturated carbocycles. The smallest absolute Gasteiger partial charge is 0.244 e. The molecule has 0 fully saturated rings. The molecule has 0 aliphatic heterocycles. The van der Waals surface area contributed by atoms with E-state index in [1.807, 2.05) is 27.1 Å². The second kappa shape index (κ2) is 8.41. The molecule has 0 aliphatic rings. The largest absolute Gasteiger partial charge is 0.331 e. The van der Waals surface area contributed by atoms with E-state index in [0.717, 1.165) is 5.56 Å². The van der Waals surface area contributed by atoms with Crippen molar-refractivity contribution in [2.75, 3.05) is 11.9 Å². The van der Waals surface area contributed by atoms with Gasteiger partial charge in [-0.2, -0.15) is 5.10 Å². The molecule has 0 spiro atoms. The van der Waals surface area contributed by atoms with Crippen molar-refractivity contribution in [3.63, 3.8) is 0 Å². The number of carbonyl (C=O) groups excluding carboxylic acids is 2. The lowest BCUT2D eigenvalue weighted by molar-refractivity contribution is -0.136. The third kappa shape index (κ3) is 5.70. The zero-order valence-electron chi connectivity index (χ0n) is 14.7. The van der Waals surface area contributed by atoms with E-state index < -0.39 is 0 Å². The van der Waals surface area contributed by atoms with Crippen LogP contribution in [0.15, 0.2) is 36.7 Å². The fourth-order valence-corrected chi connectivity index (χ4v) is 2.44. The van der Waals surface area contributed by atoms with Crippen molar-refractivity contribution in [1.29, 1.82) is 0 Å². The summed E-state index contributed by atoms with van der Waals surface area (Å²) < 4.78 is 14.6. The van der Waals surface area contributed by atoms with E-state index in [4.69, 9.17) is 0 Å². The Morgan fingerprint density at radius 2 is 1.96 bits per heavy atom. The number of aromatic nitrogens is 2. The zero-order chi connectivity index (χ0) is 18.4. The summed E-state index contributed by atoms with van der Waals surface area (Å²) in [4.78, 5) is 26.2. The van der Waals surface area contributed by atoms with Crippen molar-refractivity contribution >= 4 is 17.5 Å². The summed E-state index contributed by atoms with van der Waals surface area (Å²) >= 11 is 0. The molecule has 0 radical (unpaired) electrons. The zero-order valence-corrected chi connectivity index (χ0v) is 14.7. The summed E-state index contributed by atoms with van der Waals surface area (Å²) in [6.45, 7) is 3.70. The van der Waals surface area contributed by atoms with Crippen LogP contribution in [0.25, 0.3) is 0 Å². The second-order valence-electron chi connectivity index (χ2n) is 6.19. The molecular weight excluding hydrogens is 323 g/mol. The Hall–Kier alpha value is -2.70. The van der Waals surface area contributed by atoms with Gasteiger partial charge in [-0.05, 0) is 50.1 Å². The molecule has 2 rings (SSSR count). The molecule has 2 amide bonds. The summed E-state index contributed by atoms with van der Waals surface area (Å²) in [6.07, 6.45) is 4.49. The van der Waals surface area contributed by atoms with Crippen molar-refractivity contribution in [1.82, 2.24) is 14.7 Å². The number of benzene rings is 1.